The third-order valence-corrected chi connectivity index (χ3v) is 5.39. The molecule has 3 nitrogen and oxygen atoms in total. The highest BCUT2D eigenvalue weighted by molar-refractivity contribution is 6.08. The number of amides is 1. The van der Waals surface area contributed by atoms with Crippen LogP contribution in [-0.4, -0.2) is 17.0 Å². The Labute approximate surface area is 145 Å². The summed E-state index contributed by atoms with van der Waals surface area (Å²) in [5, 5.41) is 4.32. The molecular formula is C21H30N2O. The minimum atomic E-state index is 0.0814. The van der Waals surface area contributed by atoms with Crippen LogP contribution in [0.15, 0.2) is 24.4 Å². The van der Waals surface area contributed by atoms with Gasteiger partial charge in [-0.3, -0.25) is 4.79 Å². The number of hydrogen-bond donors (Lipinski definition) is 1. The van der Waals surface area contributed by atoms with Gasteiger partial charge in [0, 0.05) is 29.7 Å². The molecule has 3 heteroatoms. The van der Waals surface area contributed by atoms with Gasteiger partial charge in [-0.2, -0.15) is 0 Å². The second kappa shape index (κ2) is 7.42. The number of aryl methyl sites for hydroxylation is 1. The van der Waals surface area contributed by atoms with Crippen LogP contribution in [0.2, 0.25) is 0 Å². The summed E-state index contributed by atoms with van der Waals surface area (Å²) in [5.74, 6) is 0.731. The van der Waals surface area contributed by atoms with Crippen LogP contribution < -0.4 is 5.32 Å². The topological polar surface area (TPSA) is 34.0 Å². The number of carbonyl (C=O) groups is 1. The smallest absolute Gasteiger partial charge is 0.253 e. The van der Waals surface area contributed by atoms with Gasteiger partial charge >= 0.3 is 0 Å². The van der Waals surface area contributed by atoms with E-state index in [1.165, 1.54) is 44.1 Å². The standard InChI is InChI=1S/C21H30N2O/c1-15(2)23-14-18(20-16(3)9-8-12-19(20)23)21(24)22-13-17-10-6-4-5-7-11-17/h8-9,12,14-15,17H,4-7,10-11,13H2,1-3H3,(H,22,24). The zero-order valence-electron chi connectivity index (χ0n) is 15.3. The first-order valence-corrected chi connectivity index (χ1v) is 9.46. The van der Waals surface area contributed by atoms with E-state index in [1.54, 1.807) is 0 Å². The first-order valence-electron chi connectivity index (χ1n) is 9.46. The van der Waals surface area contributed by atoms with E-state index >= 15 is 0 Å². The number of fused-ring (bicyclic) bond motifs is 1. The molecule has 0 unspecified atom stereocenters. The zero-order chi connectivity index (χ0) is 17.1. The molecule has 0 radical (unpaired) electrons. The van der Waals surface area contributed by atoms with Crippen molar-refractivity contribution >= 4 is 16.8 Å². The molecule has 0 aliphatic heterocycles. The van der Waals surface area contributed by atoms with E-state index in [-0.39, 0.29) is 5.91 Å². The Bertz CT molecular complexity index is 706. The van der Waals surface area contributed by atoms with Gasteiger partial charge < -0.3 is 9.88 Å². The van der Waals surface area contributed by atoms with Crippen LogP contribution in [0.5, 0.6) is 0 Å². The molecule has 0 spiro atoms. The van der Waals surface area contributed by atoms with Crippen molar-refractivity contribution in [1.29, 1.82) is 0 Å². The van der Waals surface area contributed by atoms with Crippen LogP contribution in [0, 0.1) is 12.8 Å². The predicted octanol–water partition coefficient (Wildman–Crippen LogP) is 5.23. The molecule has 1 aliphatic rings. The van der Waals surface area contributed by atoms with E-state index in [2.05, 4.69) is 48.9 Å². The Morgan fingerprint density at radius 3 is 2.58 bits per heavy atom. The lowest BCUT2D eigenvalue weighted by molar-refractivity contribution is 0.0947. The first-order chi connectivity index (χ1) is 11.6. The molecule has 1 aromatic carbocycles. The number of rotatable bonds is 4. The lowest BCUT2D eigenvalue weighted by atomic mass is 10.00. The van der Waals surface area contributed by atoms with E-state index in [9.17, 15) is 4.79 Å². The van der Waals surface area contributed by atoms with Gasteiger partial charge in [0.15, 0.2) is 0 Å². The molecule has 2 aromatic rings. The van der Waals surface area contributed by atoms with Gasteiger partial charge in [-0.15, -0.1) is 0 Å². The number of hydrogen-bond acceptors (Lipinski definition) is 1. The average molecular weight is 326 g/mol. The molecule has 1 N–H and O–H groups in total. The molecule has 0 atom stereocenters. The molecule has 24 heavy (non-hydrogen) atoms. The van der Waals surface area contributed by atoms with Crippen LogP contribution in [0.4, 0.5) is 0 Å². The van der Waals surface area contributed by atoms with Crippen LogP contribution >= 0.6 is 0 Å². The second-order valence-corrected chi connectivity index (χ2v) is 7.58. The van der Waals surface area contributed by atoms with E-state index in [0.29, 0.717) is 12.0 Å². The number of nitrogens with one attached hydrogen (secondary N) is 1. The van der Waals surface area contributed by atoms with Crippen molar-refractivity contribution in [2.24, 2.45) is 5.92 Å². The van der Waals surface area contributed by atoms with Crippen molar-refractivity contribution < 1.29 is 4.79 Å². The van der Waals surface area contributed by atoms with Crippen molar-refractivity contribution in [2.45, 2.75) is 65.3 Å². The SMILES string of the molecule is Cc1cccc2c1c(C(=O)NCC1CCCCCC1)cn2C(C)C. The minimum absolute atomic E-state index is 0.0814. The highest BCUT2D eigenvalue weighted by atomic mass is 16.1. The third-order valence-electron chi connectivity index (χ3n) is 5.39. The summed E-state index contributed by atoms with van der Waals surface area (Å²) in [4.78, 5) is 12.9. The number of nitrogens with zero attached hydrogens (tertiary/aromatic N) is 1. The normalized spacial score (nSPS) is 16.5. The maximum absolute atomic E-state index is 12.9. The van der Waals surface area contributed by atoms with Gasteiger partial charge in [-0.1, -0.05) is 37.8 Å². The summed E-state index contributed by atoms with van der Waals surface area (Å²) in [6, 6.07) is 6.63. The lowest BCUT2D eigenvalue weighted by Crippen LogP contribution is -2.29. The summed E-state index contributed by atoms with van der Waals surface area (Å²) in [6.07, 6.45) is 9.88. The van der Waals surface area contributed by atoms with Gasteiger partial charge in [0.1, 0.15) is 0 Å². The first kappa shape index (κ1) is 17.1. The van der Waals surface area contributed by atoms with Crippen LogP contribution in [0.3, 0.4) is 0 Å². The zero-order valence-corrected chi connectivity index (χ0v) is 15.3. The van der Waals surface area contributed by atoms with Crippen molar-refractivity contribution in [1.82, 2.24) is 9.88 Å². The second-order valence-electron chi connectivity index (χ2n) is 7.58. The fraction of sp³-hybridized carbons (Fsp3) is 0.571. The molecule has 130 valence electrons. The Morgan fingerprint density at radius 2 is 1.92 bits per heavy atom. The molecular weight excluding hydrogens is 296 g/mol. The number of aromatic nitrogens is 1. The largest absolute Gasteiger partial charge is 0.352 e. The minimum Gasteiger partial charge on any atom is -0.352 e. The van der Waals surface area contributed by atoms with Crippen molar-refractivity contribution in [2.75, 3.05) is 6.54 Å². The van der Waals surface area contributed by atoms with Gasteiger partial charge in [0.05, 0.1) is 5.56 Å². The molecule has 3 rings (SSSR count). The molecule has 1 heterocycles. The van der Waals surface area contributed by atoms with Gasteiger partial charge in [-0.25, -0.2) is 0 Å². The number of benzene rings is 1. The quantitative estimate of drug-likeness (QED) is 0.767. The highest BCUT2D eigenvalue weighted by Gasteiger charge is 2.19. The third kappa shape index (κ3) is 3.50. The van der Waals surface area contributed by atoms with Crippen LogP contribution in [-0.2, 0) is 0 Å². The van der Waals surface area contributed by atoms with E-state index in [1.807, 2.05) is 6.20 Å². The summed E-state index contributed by atoms with van der Waals surface area (Å²) in [7, 11) is 0. The Balaban J connectivity index is 1.81. The lowest BCUT2D eigenvalue weighted by Gasteiger charge is -2.14. The van der Waals surface area contributed by atoms with E-state index in [0.717, 1.165) is 23.0 Å². The van der Waals surface area contributed by atoms with Crippen LogP contribution in [0.1, 0.15) is 74.3 Å². The summed E-state index contributed by atoms with van der Waals surface area (Å²) in [6.45, 7) is 7.23. The summed E-state index contributed by atoms with van der Waals surface area (Å²) in [5.41, 5.74) is 3.15. The molecule has 1 amide bonds. The highest BCUT2D eigenvalue weighted by Crippen LogP contribution is 2.28. The molecule has 0 saturated heterocycles. The average Bonchev–Trinajstić information content (AvgIpc) is 2.77. The van der Waals surface area contributed by atoms with Gasteiger partial charge in [0.2, 0.25) is 0 Å². The predicted molar refractivity (Wildman–Crippen MR) is 101 cm³/mol. The summed E-state index contributed by atoms with van der Waals surface area (Å²) >= 11 is 0. The molecule has 1 saturated carbocycles. The van der Waals surface area contributed by atoms with Crippen molar-refractivity contribution in [3.63, 3.8) is 0 Å². The molecule has 0 bridgehead atoms. The summed E-state index contributed by atoms with van der Waals surface area (Å²) < 4.78 is 2.21. The molecule has 1 aromatic heterocycles. The monoisotopic (exact) mass is 326 g/mol. The van der Waals surface area contributed by atoms with Crippen molar-refractivity contribution in [3.8, 4) is 0 Å². The maximum Gasteiger partial charge on any atom is 0.253 e. The molecule has 1 fully saturated rings. The van der Waals surface area contributed by atoms with E-state index < -0.39 is 0 Å². The molecule has 1 aliphatic carbocycles. The Kier molecular flexibility index (Phi) is 5.27. The number of carbonyl (C=O) groups excluding carboxylic acids is 1. The fourth-order valence-electron chi connectivity index (χ4n) is 3.99. The van der Waals surface area contributed by atoms with Crippen molar-refractivity contribution in [3.05, 3.63) is 35.5 Å². The Morgan fingerprint density at radius 1 is 1.21 bits per heavy atom. The Hall–Kier alpha value is -1.77. The maximum atomic E-state index is 12.9. The van der Waals surface area contributed by atoms with Gasteiger partial charge in [0.25, 0.3) is 5.91 Å². The van der Waals surface area contributed by atoms with Crippen LogP contribution in [0.25, 0.3) is 10.9 Å². The van der Waals surface area contributed by atoms with E-state index in [4.69, 9.17) is 0 Å². The van der Waals surface area contributed by atoms with Gasteiger partial charge in [-0.05, 0) is 51.2 Å². The fourth-order valence-corrected chi connectivity index (χ4v) is 3.99.